The van der Waals surface area contributed by atoms with Crippen LogP contribution in [-0.4, -0.2) is 67.5 Å². The molecule has 1 aromatic carbocycles. The van der Waals surface area contributed by atoms with Gasteiger partial charge in [-0.15, -0.1) is 0 Å². The second-order valence-corrected chi connectivity index (χ2v) is 13.9. The summed E-state index contributed by atoms with van der Waals surface area (Å²) in [6, 6.07) is 5.31. The molecule has 1 atom stereocenters. The molecule has 43 heavy (non-hydrogen) atoms. The lowest BCUT2D eigenvalue weighted by molar-refractivity contribution is -0.205. The number of hydrogen-bond donors (Lipinski definition) is 1. The van der Waals surface area contributed by atoms with Gasteiger partial charge >= 0.3 is 18.3 Å². The number of carbonyl (C=O) groups is 2. The summed E-state index contributed by atoms with van der Waals surface area (Å²) >= 11 is 0. The van der Waals surface area contributed by atoms with E-state index in [4.69, 9.17) is 9.47 Å². The Morgan fingerprint density at radius 1 is 1.00 bits per heavy atom. The molecule has 6 nitrogen and oxygen atoms in total. The summed E-state index contributed by atoms with van der Waals surface area (Å²) in [7, 11) is 0. The van der Waals surface area contributed by atoms with Crippen molar-refractivity contribution in [3.05, 3.63) is 34.9 Å². The molecule has 240 valence electrons. The van der Waals surface area contributed by atoms with Crippen LogP contribution in [0.5, 0.6) is 0 Å². The van der Waals surface area contributed by atoms with Crippen molar-refractivity contribution in [3.63, 3.8) is 0 Å². The van der Waals surface area contributed by atoms with Gasteiger partial charge < -0.3 is 19.7 Å². The lowest BCUT2D eigenvalue weighted by Gasteiger charge is -2.52. The summed E-state index contributed by atoms with van der Waals surface area (Å²) in [6.07, 6.45) is -8.47. The first-order valence-corrected chi connectivity index (χ1v) is 15.0. The molecule has 1 amide bonds. The number of carbonyl (C=O) groups excluding carboxylic acids is 2. The number of amides is 1. The molecular formula is C31H40F6N2O4. The number of likely N-dealkylation sites (tertiary alicyclic amines) is 1. The largest absolute Gasteiger partial charge is 0.456 e. The minimum absolute atomic E-state index is 0.00300. The molecule has 0 radical (unpaired) electrons. The van der Waals surface area contributed by atoms with Gasteiger partial charge in [0.05, 0.1) is 24.7 Å². The topological polar surface area (TPSA) is 67.9 Å². The molecule has 1 aromatic rings. The Morgan fingerprint density at radius 2 is 1.65 bits per heavy atom. The van der Waals surface area contributed by atoms with Gasteiger partial charge in [0, 0.05) is 37.5 Å². The van der Waals surface area contributed by atoms with Gasteiger partial charge in [0.25, 0.3) is 0 Å². The van der Waals surface area contributed by atoms with Crippen molar-refractivity contribution in [2.24, 2.45) is 22.7 Å². The third-order valence-corrected chi connectivity index (χ3v) is 9.73. The quantitative estimate of drug-likeness (QED) is 0.284. The van der Waals surface area contributed by atoms with Gasteiger partial charge in [0.2, 0.25) is 5.91 Å². The summed E-state index contributed by atoms with van der Waals surface area (Å²) in [4.78, 5) is 27.4. The number of benzene rings is 1. The number of ether oxygens (including phenoxy) is 2. The highest BCUT2D eigenvalue weighted by molar-refractivity contribution is 5.93. The second-order valence-electron chi connectivity index (χ2n) is 13.9. The summed E-state index contributed by atoms with van der Waals surface area (Å²) in [6.45, 7) is 7.22. The van der Waals surface area contributed by atoms with Gasteiger partial charge in [-0.1, -0.05) is 18.2 Å². The number of nitrogens with one attached hydrogen (secondary N) is 1. The molecule has 2 heterocycles. The molecule has 0 bridgehead atoms. The number of rotatable bonds is 7. The fourth-order valence-electron chi connectivity index (χ4n) is 7.07. The van der Waals surface area contributed by atoms with Crippen molar-refractivity contribution in [3.8, 4) is 0 Å². The molecule has 2 aliphatic carbocycles. The summed E-state index contributed by atoms with van der Waals surface area (Å²) < 4.78 is 92.1. The average molecular weight is 619 g/mol. The Morgan fingerprint density at radius 3 is 2.21 bits per heavy atom. The maximum Gasteiger partial charge on any atom is 0.403 e. The van der Waals surface area contributed by atoms with Crippen LogP contribution in [0.15, 0.2) is 18.2 Å². The second kappa shape index (κ2) is 11.2. The lowest BCUT2D eigenvalue weighted by Crippen LogP contribution is -2.64. The molecule has 2 saturated carbocycles. The van der Waals surface area contributed by atoms with E-state index in [-0.39, 0.29) is 69.2 Å². The van der Waals surface area contributed by atoms with Crippen LogP contribution in [0.3, 0.4) is 0 Å². The fourth-order valence-corrected chi connectivity index (χ4v) is 7.07. The van der Waals surface area contributed by atoms with Crippen LogP contribution in [0.25, 0.3) is 0 Å². The normalized spacial score (nSPS) is 26.7. The molecule has 1 spiro atoms. The maximum atomic E-state index is 13.5. The molecule has 2 aliphatic heterocycles. The summed E-state index contributed by atoms with van der Waals surface area (Å²) in [5.41, 5.74) is -1.80. The molecular weight excluding hydrogens is 578 g/mol. The van der Waals surface area contributed by atoms with Crippen molar-refractivity contribution >= 4 is 11.9 Å². The van der Waals surface area contributed by atoms with Crippen molar-refractivity contribution in [2.45, 2.75) is 89.8 Å². The summed E-state index contributed by atoms with van der Waals surface area (Å²) in [5, 5.41) is 3.29. The van der Waals surface area contributed by atoms with E-state index in [1.807, 2.05) is 0 Å². The van der Waals surface area contributed by atoms with Gasteiger partial charge in [0.15, 0.2) is 0 Å². The molecule has 0 aromatic heterocycles. The Bertz CT molecular complexity index is 1210. The number of halogens is 6. The standard InChI is InChI=1S/C31H40F6N2O4/c1-27(2,3)43-25(40)24-20(5-4-6-23(24)19-7-9-21(10-8-19)30(32,33)34)14-42-15-22-13-38-16-28(22)17-39(18-28)26(41)29(11-12-29)31(35,36)37/h4-6,19,21-22,38H,7-18H2,1-3H3. The zero-order valence-corrected chi connectivity index (χ0v) is 24.8. The minimum atomic E-state index is -4.54. The van der Waals surface area contributed by atoms with E-state index >= 15 is 0 Å². The van der Waals surface area contributed by atoms with Crippen molar-refractivity contribution in [1.82, 2.24) is 10.2 Å². The average Bonchev–Trinajstić information content (AvgIpc) is 3.61. The number of alkyl halides is 6. The van der Waals surface area contributed by atoms with E-state index in [1.165, 1.54) is 4.90 Å². The SMILES string of the molecule is CC(C)(C)OC(=O)c1c(COCC2CNCC23CN(C(=O)C2(C(F)(F)F)CC2)C3)cccc1C1CCC(C(F)(F)F)CC1. The first-order valence-electron chi connectivity index (χ1n) is 15.0. The van der Waals surface area contributed by atoms with E-state index in [0.717, 1.165) is 0 Å². The first kappa shape index (κ1) is 32.1. The Balaban J connectivity index is 1.25. The van der Waals surface area contributed by atoms with Crippen LogP contribution in [0.1, 0.15) is 86.7 Å². The zero-order chi connectivity index (χ0) is 31.4. The van der Waals surface area contributed by atoms with Gasteiger partial charge in [-0.25, -0.2) is 4.79 Å². The zero-order valence-electron chi connectivity index (χ0n) is 24.8. The smallest absolute Gasteiger partial charge is 0.403 e. The van der Waals surface area contributed by atoms with E-state index in [9.17, 15) is 35.9 Å². The molecule has 1 unspecified atom stereocenters. The van der Waals surface area contributed by atoms with Crippen molar-refractivity contribution < 1.29 is 45.4 Å². The van der Waals surface area contributed by atoms with Gasteiger partial charge in [-0.2, -0.15) is 26.3 Å². The molecule has 2 saturated heterocycles. The van der Waals surface area contributed by atoms with Crippen LogP contribution in [0, 0.1) is 22.7 Å². The maximum absolute atomic E-state index is 13.5. The predicted octanol–water partition coefficient (Wildman–Crippen LogP) is 6.39. The highest BCUT2D eigenvalue weighted by atomic mass is 19.4. The monoisotopic (exact) mass is 618 g/mol. The molecule has 4 aliphatic rings. The Labute approximate surface area is 247 Å². The van der Waals surface area contributed by atoms with Gasteiger partial charge in [-0.3, -0.25) is 4.79 Å². The highest BCUT2D eigenvalue weighted by Crippen LogP contribution is 2.60. The van der Waals surface area contributed by atoms with E-state index < -0.39 is 41.2 Å². The molecule has 1 N–H and O–H groups in total. The van der Waals surface area contributed by atoms with Crippen LogP contribution in [0.4, 0.5) is 26.3 Å². The van der Waals surface area contributed by atoms with Crippen molar-refractivity contribution in [1.29, 1.82) is 0 Å². The van der Waals surface area contributed by atoms with E-state index in [0.29, 0.717) is 42.6 Å². The van der Waals surface area contributed by atoms with Crippen LogP contribution >= 0.6 is 0 Å². The predicted molar refractivity (Wildman–Crippen MR) is 145 cm³/mol. The number of esters is 1. The van der Waals surface area contributed by atoms with Crippen LogP contribution in [0.2, 0.25) is 0 Å². The minimum Gasteiger partial charge on any atom is -0.456 e. The molecule has 5 rings (SSSR count). The van der Waals surface area contributed by atoms with Crippen LogP contribution < -0.4 is 5.32 Å². The van der Waals surface area contributed by atoms with Crippen LogP contribution in [-0.2, 0) is 20.9 Å². The highest BCUT2D eigenvalue weighted by Gasteiger charge is 2.71. The third kappa shape index (κ3) is 6.41. The molecule has 4 fully saturated rings. The molecule has 12 heteroatoms. The number of hydrogen-bond acceptors (Lipinski definition) is 5. The van der Waals surface area contributed by atoms with Gasteiger partial charge in [-0.05, 0) is 76.3 Å². The summed E-state index contributed by atoms with van der Waals surface area (Å²) in [5.74, 6) is -2.98. The van der Waals surface area contributed by atoms with Gasteiger partial charge in [0.1, 0.15) is 11.0 Å². The lowest BCUT2D eigenvalue weighted by atomic mass is 9.71. The van der Waals surface area contributed by atoms with E-state index in [1.54, 1.807) is 39.0 Å². The third-order valence-electron chi connectivity index (χ3n) is 9.73. The van der Waals surface area contributed by atoms with E-state index in [2.05, 4.69) is 5.32 Å². The van der Waals surface area contributed by atoms with Crippen molar-refractivity contribution in [2.75, 3.05) is 32.8 Å². The Hall–Kier alpha value is -2.34. The Kier molecular flexibility index (Phi) is 8.37. The first-order chi connectivity index (χ1) is 20.0. The fraction of sp³-hybridized carbons (Fsp3) is 0.742. The number of nitrogens with zero attached hydrogens (tertiary/aromatic N) is 1.